The lowest BCUT2D eigenvalue weighted by Crippen LogP contribution is -2.43. The van der Waals surface area contributed by atoms with Gasteiger partial charge < -0.3 is 14.6 Å². The van der Waals surface area contributed by atoms with Crippen LogP contribution in [0.25, 0.3) is 0 Å². The number of nitrogens with zero attached hydrogens (tertiary/aromatic N) is 2. The fraction of sp³-hybridized carbons (Fsp3) is 0.786. The summed E-state index contributed by atoms with van der Waals surface area (Å²) in [5, 5.41) is 3.47. The zero-order valence-electron chi connectivity index (χ0n) is 11.8. The highest BCUT2D eigenvalue weighted by molar-refractivity contribution is 7.99. The van der Waals surface area contributed by atoms with E-state index in [-0.39, 0.29) is 5.60 Å². The third kappa shape index (κ3) is 2.69. The van der Waals surface area contributed by atoms with Crippen molar-refractivity contribution in [3.63, 3.8) is 0 Å². The Labute approximate surface area is 119 Å². The fourth-order valence-corrected chi connectivity index (χ4v) is 4.81. The van der Waals surface area contributed by atoms with E-state index in [2.05, 4.69) is 16.5 Å². The van der Waals surface area contributed by atoms with Crippen LogP contribution in [0.15, 0.2) is 12.5 Å². The summed E-state index contributed by atoms with van der Waals surface area (Å²) in [6, 6.07) is 0.354. The quantitative estimate of drug-likeness (QED) is 0.919. The predicted octanol–water partition coefficient (Wildman–Crippen LogP) is 1.98. The number of hydrogen-bond acceptors (Lipinski definition) is 4. The molecule has 1 spiro atoms. The first kappa shape index (κ1) is 13.5. The molecule has 4 nitrogen and oxygen atoms in total. The summed E-state index contributed by atoms with van der Waals surface area (Å²) < 4.78 is 8.15. The van der Waals surface area contributed by atoms with Crippen molar-refractivity contribution in [2.45, 2.75) is 30.9 Å². The van der Waals surface area contributed by atoms with E-state index in [0.29, 0.717) is 12.0 Å². The van der Waals surface area contributed by atoms with Crippen molar-refractivity contribution in [3.8, 4) is 0 Å². The van der Waals surface area contributed by atoms with Gasteiger partial charge in [-0.1, -0.05) is 0 Å². The minimum Gasteiger partial charge on any atom is -0.374 e. The Morgan fingerprint density at radius 2 is 2.53 bits per heavy atom. The van der Waals surface area contributed by atoms with Gasteiger partial charge in [-0.15, -0.1) is 0 Å². The number of nitrogens with one attached hydrogen (secondary N) is 1. The van der Waals surface area contributed by atoms with Gasteiger partial charge in [0.05, 0.1) is 23.7 Å². The van der Waals surface area contributed by atoms with E-state index in [1.54, 1.807) is 0 Å². The number of hydrogen-bond donors (Lipinski definition) is 1. The van der Waals surface area contributed by atoms with Crippen LogP contribution in [-0.2, 0) is 11.8 Å². The highest BCUT2D eigenvalue weighted by Gasteiger charge is 2.42. The highest BCUT2D eigenvalue weighted by atomic mass is 32.2. The minimum absolute atomic E-state index is 0.150. The number of thioether (sulfide) groups is 1. The van der Waals surface area contributed by atoms with Crippen molar-refractivity contribution in [2.24, 2.45) is 13.0 Å². The van der Waals surface area contributed by atoms with Crippen molar-refractivity contribution >= 4 is 11.8 Å². The van der Waals surface area contributed by atoms with Crippen LogP contribution in [0.3, 0.4) is 0 Å². The Kier molecular flexibility index (Phi) is 3.87. The molecule has 0 radical (unpaired) electrons. The van der Waals surface area contributed by atoms with E-state index in [0.717, 1.165) is 18.7 Å². The number of aromatic nitrogens is 2. The summed E-state index contributed by atoms with van der Waals surface area (Å²) in [5.74, 6) is 3.05. The van der Waals surface area contributed by atoms with Gasteiger partial charge in [-0.3, -0.25) is 0 Å². The summed E-state index contributed by atoms with van der Waals surface area (Å²) in [5.41, 5.74) is 1.31. The zero-order chi connectivity index (χ0) is 13.3. The molecule has 3 heterocycles. The fourth-order valence-electron chi connectivity index (χ4n) is 3.43. The lowest BCUT2D eigenvalue weighted by Gasteiger charge is -2.40. The van der Waals surface area contributed by atoms with Gasteiger partial charge in [-0.2, -0.15) is 11.8 Å². The van der Waals surface area contributed by atoms with Gasteiger partial charge in [-0.25, -0.2) is 4.98 Å². The van der Waals surface area contributed by atoms with Gasteiger partial charge in [0, 0.05) is 25.6 Å². The van der Waals surface area contributed by atoms with Crippen molar-refractivity contribution in [3.05, 3.63) is 18.2 Å². The van der Waals surface area contributed by atoms with Crippen molar-refractivity contribution in [2.75, 3.05) is 25.2 Å². The third-order valence-electron chi connectivity index (χ3n) is 4.42. The maximum Gasteiger partial charge on any atom is 0.0947 e. The average molecular weight is 281 g/mol. The molecule has 2 fully saturated rings. The molecular formula is C14H23N3OS. The summed E-state index contributed by atoms with van der Waals surface area (Å²) >= 11 is 2.04. The molecule has 106 valence electrons. The van der Waals surface area contributed by atoms with Crippen LogP contribution in [0, 0.1) is 5.92 Å². The van der Waals surface area contributed by atoms with Gasteiger partial charge in [0.2, 0.25) is 0 Å². The molecule has 0 aliphatic carbocycles. The van der Waals surface area contributed by atoms with E-state index in [1.807, 2.05) is 36.8 Å². The first-order chi connectivity index (χ1) is 9.22. The van der Waals surface area contributed by atoms with E-state index in [1.165, 1.54) is 24.3 Å². The van der Waals surface area contributed by atoms with Crippen molar-refractivity contribution in [1.29, 1.82) is 0 Å². The molecule has 0 amide bonds. The van der Waals surface area contributed by atoms with Gasteiger partial charge >= 0.3 is 0 Å². The number of aryl methyl sites for hydroxylation is 1. The molecule has 2 aliphatic heterocycles. The normalized spacial score (nSPS) is 32.8. The predicted molar refractivity (Wildman–Crippen MR) is 78.4 cm³/mol. The lowest BCUT2D eigenvalue weighted by atomic mass is 9.80. The van der Waals surface area contributed by atoms with Gasteiger partial charge in [0.1, 0.15) is 0 Å². The zero-order valence-corrected chi connectivity index (χ0v) is 12.6. The molecule has 3 unspecified atom stereocenters. The average Bonchev–Trinajstić information content (AvgIpc) is 3.01. The monoisotopic (exact) mass is 281 g/mol. The second-order valence-electron chi connectivity index (χ2n) is 5.82. The molecule has 1 N–H and O–H groups in total. The second kappa shape index (κ2) is 5.46. The van der Waals surface area contributed by atoms with Crippen molar-refractivity contribution in [1.82, 2.24) is 14.9 Å². The minimum atomic E-state index is 0.150. The molecule has 2 saturated heterocycles. The molecule has 3 rings (SSSR count). The van der Waals surface area contributed by atoms with E-state index >= 15 is 0 Å². The van der Waals surface area contributed by atoms with E-state index in [9.17, 15) is 0 Å². The Morgan fingerprint density at radius 3 is 3.16 bits per heavy atom. The molecular weight excluding hydrogens is 258 g/mol. The Hall–Kier alpha value is -0.520. The Morgan fingerprint density at radius 1 is 1.63 bits per heavy atom. The van der Waals surface area contributed by atoms with Crippen molar-refractivity contribution < 1.29 is 4.74 Å². The molecule has 0 bridgehead atoms. The molecule has 3 atom stereocenters. The maximum absolute atomic E-state index is 6.12. The number of ether oxygens (including phenoxy) is 1. The lowest BCUT2D eigenvalue weighted by molar-refractivity contribution is -0.0852. The van der Waals surface area contributed by atoms with Crippen LogP contribution in [0.1, 0.15) is 31.0 Å². The van der Waals surface area contributed by atoms with Crippen LogP contribution in [-0.4, -0.2) is 40.3 Å². The molecule has 0 aromatic carbocycles. The molecule has 1 aromatic heterocycles. The third-order valence-corrected chi connectivity index (χ3v) is 5.65. The van der Waals surface area contributed by atoms with E-state index in [4.69, 9.17) is 4.74 Å². The Balaban J connectivity index is 1.76. The summed E-state index contributed by atoms with van der Waals surface area (Å²) in [6.45, 7) is 0.899. The smallest absolute Gasteiger partial charge is 0.0947 e. The summed E-state index contributed by atoms with van der Waals surface area (Å²) in [4.78, 5) is 4.53. The van der Waals surface area contributed by atoms with E-state index < -0.39 is 0 Å². The second-order valence-corrected chi connectivity index (χ2v) is 6.92. The first-order valence-corrected chi connectivity index (χ1v) is 8.25. The van der Waals surface area contributed by atoms with Crippen LogP contribution in [0.5, 0.6) is 0 Å². The van der Waals surface area contributed by atoms with Crippen LogP contribution in [0.2, 0.25) is 0 Å². The van der Waals surface area contributed by atoms with Crippen LogP contribution >= 0.6 is 11.8 Å². The number of imidazole rings is 1. The van der Waals surface area contributed by atoms with Crippen LogP contribution in [0.4, 0.5) is 0 Å². The largest absolute Gasteiger partial charge is 0.374 e. The van der Waals surface area contributed by atoms with Crippen LogP contribution < -0.4 is 5.32 Å². The van der Waals surface area contributed by atoms with Gasteiger partial charge in [0.15, 0.2) is 0 Å². The van der Waals surface area contributed by atoms with Gasteiger partial charge in [-0.05, 0) is 38.0 Å². The standard InChI is InChI=1S/C14H23N3OS/c1-15-13(12-8-17(2)10-16-12)11-3-5-18-14(7-11)4-6-19-9-14/h8,10-11,13,15H,3-7,9H2,1-2H3. The molecule has 5 heteroatoms. The van der Waals surface area contributed by atoms with Gasteiger partial charge in [0.25, 0.3) is 0 Å². The maximum atomic E-state index is 6.12. The summed E-state index contributed by atoms with van der Waals surface area (Å²) in [7, 11) is 4.08. The molecule has 2 aliphatic rings. The SMILES string of the molecule is CNC(c1cn(C)cn1)C1CCOC2(CCSC2)C1. The highest BCUT2D eigenvalue weighted by Crippen LogP contribution is 2.43. The molecule has 0 saturated carbocycles. The molecule has 19 heavy (non-hydrogen) atoms. The Bertz CT molecular complexity index is 428. The summed E-state index contributed by atoms with van der Waals surface area (Å²) in [6.07, 6.45) is 7.54. The molecule has 1 aromatic rings. The topological polar surface area (TPSA) is 39.1 Å². The number of rotatable bonds is 3. The first-order valence-electron chi connectivity index (χ1n) is 7.09.